The van der Waals surface area contributed by atoms with E-state index in [1.54, 1.807) is 0 Å². The van der Waals surface area contributed by atoms with Crippen LogP contribution in [0.4, 0.5) is 5.95 Å². The van der Waals surface area contributed by atoms with Crippen LogP contribution in [0.1, 0.15) is 5.56 Å². The van der Waals surface area contributed by atoms with E-state index in [2.05, 4.69) is 18.0 Å². The second kappa shape index (κ2) is 2.24. The van der Waals surface area contributed by atoms with Crippen molar-refractivity contribution in [1.29, 1.82) is 0 Å². The minimum absolute atomic E-state index is 0.569. The van der Waals surface area contributed by atoms with Crippen molar-refractivity contribution in [3.05, 3.63) is 23.8 Å². The number of aryl methyl sites for hydroxylation is 2. The largest absolute Gasteiger partial charge is 0.369 e. The van der Waals surface area contributed by atoms with E-state index < -0.39 is 0 Å². The van der Waals surface area contributed by atoms with Gasteiger partial charge in [0.05, 0.1) is 11.0 Å². The number of nitrogens with two attached hydrogens (primary N) is 1. The number of imidazole rings is 1. The lowest BCUT2D eigenvalue weighted by Gasteiger charge is -1.98. The van der Waals surface area contributed by atoms with Gasteiger partial charge in [-0.3, -0.25) is 0 Å². The Labute approximate surface area is 70.8 Å². The van der Waals surface area contributed by atoms with Crippen LogP contribution in [0, 0.1) is 6.92 Å². The van der Waals surface area contributed by atoms with Crippen LogP contribution >= 0.6 is 0 Å². The molecule has 62 valence electrons. The van der Waals surface area contributed by atoms with Crippen LogP contribution < -0.4 is 5.73 Å². The molecule has 0 aliphatic rings. The number of para-hydroxylation sites is 1. The second-order valence-corrected chi connectivity index (χ2v) is 2.97. The number of hydrogen-bond acceptors (Lipinski definition) is 2. The zero-order valence-electron chi connectivity index (χ0n) is 7.20. The molecule has 1 heterocycles. The lowest BCUT2D eigenvalue weighted by Crippen LogP contribution is -1.96. The van der Waals surface area contributed by atoms with Gasteiger partial charge in [0.1, 0.15) is 0 Å². The minimum atomic E-state index is 0.569. The molecule has 0 amide bonds. The van der Waals surface area contributed by atoms with Gasteiger partial charge in [0.2, 0.25) is 5.95 Å². The predicted octanol–water partition coefficient (Wildman–Crippen LogP) is 1.46. The first-order chi connectivity index (χ1) is 5.70. The number of fused-ring (bicyclic) bond motifs is 1. The van der Waals surface area contributed by atoms with Gasteiger partial charge in [0.25, 0.3) is 0 Å². The molecular formula is C9H11N3. The van der Waals surface area contributed by atoms with Gasteiger partial charge in [0, 0.05) is 7.05 Å². The molecule has 2 N–H and O–H groups in total. The Morgan fingerprint density at radius 1 is 1.42 bits per heavy atom. The summed E-state index contributed by atoms with van der Waals surface area (Å²) in [7, 11) is 1.93. The molecule has 0 unspecified atom stereocenters. The average molecular weight is 161 g/mol. The summed E-state index contributed by atoms with van der Waals surface area (Å²) in [5.41, 5.74) is 8.97. The summed E-state index contributed by atoms with van der Waals surface area (Å²) in [6.45, 7) is 2.06. The van der Waals surface area contributed by atoms with Crippen molar-refractivity contribution >= 4 is 17.0 Å². The summed E-state index contributed by atoms with van der Waals surface area (Å²) >= 11 is 0. The molecule has 0 aliphatic carbocycles. The Bertz CT molecular complexity index is 429. The smallest absolute Gasteiger partial charge is 0.200 e. The third kappa shape index (κ3) is 0.794. The van der Waals surface area contributed by atoms with Crippen molar-refractivity contribution in [1.82, 2.24) is 9.55 Å². The Kier molecular flexibility index (Phi) is 1.33. The Balaban J connectivity index is 2.97. The summed E-state index contributed by atoms with van der Waals surface area (Å²) < 4.78 is 1.91. The van der Waals surface area contributed by atoms with Crippen molar-refractivity contribution in [2.45, 2.75) is 6.92 Å². The zero-order valence-corrected chi connectivity index (χ0v) is 7.20. The van der Waals surface area contributed by atoms with Crippen LogP contribution in [0.2, 0.25) is 0 Å². The van der Waals surface area contributed by atoms with Crippen molar-refractivity contribution < 1.29 is 0 Å². The SMILES string of the molecule is Cc1cccc2nc(N)n(C)c12. The Morgan fingerprint density at radius 2 is 2.17 bits per heavy atom. The quantitative estimate of drug-likeness (QED) is 0.635. The van der Waals surface area contributed by atoms with Crippen LogP contribution in [0.5, 0.6) is 0 Å². The molecule has 3 nitrogen and oxygen atoms in total. The lowest BCUT2D eigenvalue weighted by molar-refractivity contribution is 0.961. The van der Waals surface area contributed by atoms with Crippen LogP contribution in [0.15, 0.2) is 18.2 Å². The molecule has 0 atom stereocenters. The van der Waals surface area contributed by atoms with Crippen LogP contribution in [-0.2, 0) is 7.05 Å². The second-order valence-electron chi connectivity index (χ2n) is 2.97. The fraction of sp³-hybridized carbons (Fsp3) is 0.222. The molecule has 3 heteroatoms. The van der Waals surface area contributed by atoms with Crippen LogP contribution in [0.3, 0.4) is 0 Å². The molecule has 0 fully saturated rings. The average Bonchev–Trinajstić information content (AvgIpc) is 2.29. The van der Waals surface area contributed by atoms with E-state index in [1.165, 1.54) is 5.56 Å². The van der Waals surface area contributed by atoms with E-state index in [0.29, 0.717) is 5.95 Å². The summed E-state index contributed by atoms with van der Waals surface area (Å²) in [6.07, 6.45) is 0. The number of nitrogens with zero attached hydrogens (tertiary/aromatic N) is 2. The van der Waals surface area contributed by atoms with Crippen molar-refractivity contribution in [2.24, 2.45) is 7.05 Å². The minimum Gasteiger partial charge on any atom is -0.369 e. The standard InChI is InChI=1S/C9H11N3/c1-6-4-3-5-7-8(6)12(2)9(10)11-7/h3-5H,1-2H3,(H2,10,11). The van der Waals surface area contributed by atoms with Gasteiger partial charge in [-0.05, 0) is 18.6 Å². The molecule has 0 spiro atoms. The van der Waals surface area contributed by atoms with Crippen molar-refractivity contribution in [3.63, 3.8) is 0 Å². The third-order valence-corrected chi connectivity index (χ3v) is 2.13. The Morgan fingerprint density at radius 3 is 2.83 bits per heavy atom. The van der Waals surface area contributed by atoms with E-state index >= 15 is 0 Å². The van der Waals surface area contributed by atoms with Gasteiger partial charge in [-0.2, -0.15) is 0 Å². The normalized spacial score (nSPS) is 10.8. The molecule has 0 saturated heterocycles. The highest BCUT2D eigenvalue weighted by Crippen LogP contribution is 2.19. The van der Waals surface area contributed by atoms with Gasteiger partial charge in [0.15, 0.2) is 0 Å². The molecule has 2 aromatic rings. The number of benzene rings is 1. The first kappa shape index (κ1) is 7.16. The van der Waals surface area contributed by atoms with Crippen LogP contribution in [-0.4, -0.2) is 9.55 Å². The first-order valence-electron chi connectivity index (χ1n) is 3.87. The maximum atomic E-state index is 5.67. The topological polar surface area (TPSA) is 43.8 Å². The van der Waals surface area contributed by atoms with Gasteiger partial charge >= 0.3 is 0 Å². The molecule has 2 rings (SSSR count). The molecular weight excluding hydrogens is 150 g/mol. The zero-order chi connectivity index (χ0) is 8.72. The highest BCUT2D eigenvalue weighted by atomic mass is 15.1. The molecule has 0 aliphatic heterocycles. The van der Waals surface area contributed by atoms with Gasteiger partial charge in [-0.1, -0.05) is 12.1 Å². The summed E-state index contributed by atoms with van der Waals surface area (Å²) in [6, 6.07) is 6.02. The van der Waals surface area contributed by atoms with Gasteiger partial charge in [-0.25, -0.2) is 4.98 Å². The van der Waals surface area contributed by atoms with Crippen molar-refractivity contribution in [3.8, 4) is 0 Å². The molecule has 0 saturated carbocycles. The summed E-state index contributed by atoms with van der Waals surface area (Å²) in [5, 5.41) is 0. The molecule has 12 heavy (non-hydrogen) atoms. The monoisotopic (exact) mass is 161 g/mol. The van der Waals surface area contributed by atoms with E-state index in [4.69, 9.17) is 5.73 Å². The first-order valence-corrected chi connectivity index (χ1v) is 3.87. The number of rotatable bonds is 0. The lowest BCUT2D eigenvalue weighted by atomic mass is 10.2. The van der Waals surface area contributed by atoms with E-state index in [-0.39, 0.29) is 0 Å². The van der Waals surface area contributed by atoms with E-state index in [9.17, 15) is 0 Å². The molecule has 0 bridgehead atoms. The number of nitrogen functional groups attached to an aromatic ring is 1. The molecule has 1 aromatic heterocycles. The molecule has 0 radical (unpaired) electrons. The predicted molar refractivity (Wildman–Crippen MR) is 49.9 cm³/mol. The number of anilines is 1. The highest BCUT2D eigenvalue weighted by Gasteiger charge is 2.05. The molecule has 1 aromatic carbocycles. The number of aromatic nitrogens is 2. The fourth-order valence-corrected chi connectivity index (χ4v) is 1.48. The Hall–Kier alpha value is -1.51. The van der Waals surface area contributed by atoms with Gasteiger partial charge < -0.3 is 10.3 Å². The van der Waals surface area contributed by atoms with E-state index in [0.717, 1.165) is 11.0 Å². The number of hydrogen-bond donors (Lipinski definition) is 1. The summed E-state index contributed by atoms with van der Waals surface area (Å²) in [5.74, 6) is 0.569. The highest BCUT2D eigenvalue weighted by molar-refractivity contribution is 5.81. The van der Waals surface area contributed by atoms with E-state index in [1.807, 2.05) is 23.7 Å². The van der Waals surface area contributed by atoms with Gasteiger partial charge in [-0.15, -0.1) is 0 Å². The maximum Gasteiger partial charge on any atom is 0.200 e. The third-order valence-electron chi connectivity index (χ3n) is 2.13. The van der Waals surface area contributed by atoms with Crippen molar-refractivity contribution in [2.75, 3.05) is 5.73 Å². The summed E-state index contributed by atoms with van der Waals surface area (Å²) in [4.78, 5) is 4.21. The fourth-order valence-electron chi connectivity index (χ4n) is 1.48. The maximum absolute atomic E-state index is 5.67. The van der Waals surface area contributed by atoms with Crippen LogP contribution in [0.25, 0.3) is 11.0 Å².